The normalized spacial score (nSPS) is 16.8. The Bertz CT molecular complexity index is 749. The highest BCUT2D eigenvalue weighted by molar-refractivity contribution is 6.35. The number of hydrazine groups is 1. The van der Waals surface area contributed by atoms with Gasteiger partial charge in [0.25, 0.3) is 11.8 Å². The van der Waals surface area contributed by atoms with Crippen LogP contribution in [0.4, 0.5) is 0 Å². The fourth-order valence-corrected chi connectivity index (χ4v) is 3.23. The van der Waals surface area contributed by atoms with E-state index in [1.54, 1.807) is 18.0 Å². The average Bonchev–Trinajstić information content (AvgIpc) is 2.65. The van der Waals surface area contributed by atoms with Crippen LogP contribution >= 0.6 is 23.2 Å². The van der Waals surface area contributed by atoms with E-state index >= 15 is 0 Å². The van der Waals surface area contributed by atoms with Gasteiger partial charge in [0.1, 0.15) is 11.8 Å². The highest BCUT2D eigenvalue weighted by Crippen LogP contribution is 2.28. The quantitative estimate of drug-likeness (QED) is 0.725. The minimum absolute atomic E-state index is 0.0314. The molecule has 2 rings (SSSR count). The van der Waals surface area contributed by atoms with Crippen molar-refractivity contribution in [3.8, 4) is 11.8 Å². The van der Waals surface area contributed by atoms with E-state index in [1.165, 1.54) is 12.1 Å². The summed E-state index contributed by atoms with van der Waals surface area (Å²) in [5.74, 6) is -1.24. The molecule has 1 atom stereocenters. The monoisotopic (exact) mass is 414 g/mol. The molecular formula is C17H20Cl2N4O4. The number of ether oxygens (including phenoxy) is 2. The van der Waals surface area contributed by atoms with E-state index in [4.69, 9.17) is 38.4 Å². The summed E-state index contributed by atoms with van der Waals surface area (Å²) in [7, 11) is 0. The SMILES string of the molecule is CCC(C#N)(C(N)=O)N(C(=O)COc1ccc(Cl)cc1Cl)N1CCOCC1. The molecule has 1 unspecified atom stereocenters. The summed E-state index contributed by atoms with van der Waals surface area (Å²) in [6.45, 7) is 2.57. The lowest BCUT2D eigenvalue weighted by Gasteiger charge is -2.44. The molecule has 0 spiro atoms. The Hall–Kier alpha value is -2.05. The largest absolute Gasteiger partial charge is 0.482 e. The molecule has 10 heteroatoms. The van der Waals surface area contributed by atoms with E-state index in [9.17, 15) is 14.9 Å². The first-order valence-corrected chi connectivity index (χ1v) is 9.06. The van der Waals surface area contributed by atoms with E-state index in [0.29, 0.717) is 31.3 Å². The smallest absolute Gasteiger partial charge is 0.276 e. The number of primary amides is 1. The summed E-state index contributed by atoms with van der Waals surface area (Å²) in [4.78, 5) is 25.1. The van der Waals surface area contributed by atoms with Crippen LogP contribution in [0.3, 0.4) is 0 Å². The zero-order valence-electron chi connectivity index (χ0n) is 14.8. The number of amides is 2. The fourth-order valence-electron chi connectivity index (χ4n) is 2.77. The first kappa shape index (κ1) is 21.3. The second-order valence-corrected chi connectivity index (χ2v) is 6.67. The Labute approximate surface area is 167 Å². The molecule has 0 bridgehead atoms. The van der Waals surface area contributed by atoms with Crippen molar-refractivity contribution in [1.82, 2.24) is 10.0 Å². The summed E-state index contributed by atoms with van der Waals surface area (Å²) < 4.78 is 10.8. The third-order valence-electron chi connectivity index (χ3n) is 4.22. The summed E-state index contributed by atoms with van der Waals surface area (Å²) in [6.07, 6.45) is 0.0314. The number of morpholine rings is 1. The van der Waals surface area contributed by atoms with Gasteiger partial charge >= 0.3 is 0 Å². The van der Waals surface area contributed by atoms with Crippen LogP contribution < -0.4 is 10.5 Å². The first-order chi connectivity index (χ1) is 12.9. The molecule has 1 aromatic rings. The molecular weight excluding hydrogens is 395 g/mol. The predicted octanol–water partition coefficient (Wildman–Crippen LogP) is 1.61. The van der Waals surface area contributed by atoms with Gasteiger partial charge in [0.05, 0.1) is 18.2 Å². The Morgan fingerprint density at radius 3 is 2.59 bits per heavy atom. The summed E-state index contributed by atoms with van der Waals surface area (Å²) in [6, 6.07) is 6.49. The van der Waals surface area contributed by atoms with Gasteiger partial charge in [0.2, 0.25) is 5.54 Å². The van der Waals surface area contributed by atoms with Gasteiger partial charge in [-0.25, -0.2) is 10.0 Å². The lowest BCUT2D eigenvalue weighted by atomic mass is 9.96. The summed E-state index contributed by atoms with van der Waals surface area (Å²) >= 11 is 11.9. The highest BCUT2D eigenvalue weighted by Gasteiger charge is 2.47. The molecule has 2 amide bonds. The summed E-state index contributed by atoms with van der Waals surface area (Å²) in [5.41, 5.74) is 3.68. The molecule has 0 aliphatic carbocycles. The maximum absolute atomic E-state index is 13.0. The molecule has 1 aliphatic rings. The van der Waals surface area contributed by atoms with Gasteiger partial charge in [-0.15, -0.1) is 0 Å². The van der Waals surface area contributed by atoms with Crippen LogP contribution in [-0.4, -0.2) is 60.3 Å². The fraction of sp³-hybridized carbons (Fsp3) is 0.471. The van der Waals surface area contributed by atoms with Crippen molar-refractivity contribution in [2.24, 2.45) is 5.73 Å². The van der Waals surface area contributed by atoms with E-state index in [2.05, 4.69) is 0 Å². The number of rotatable bonds is 7. The maximum atomic E-state index is 13.0. The number of nitriles is 1. The molecule has 8 nitrogen and oxygen atoms in total. The molecule has 0 radical (unpaired) electrons. The molecule has 27 heavy (non-hydrogen) atoms. The van der Waals surface area contributed by atoms with Crippen LogP contribution in [0, 0.1) is 11.3 Å². The van der Waals surface area contributed by atoms with Gasteiger partial charge in [-0.2, -0.15) is 5.26 Å². The van der Waals surface area contributed by atoms with E-state index in [-0.39, 0.29) is 17.2 Å². The van der Waals surface area contributed by atoms with Crippen LogP contribution in [0.25, 0.3) is 0 Å². The van der Waals surface area contributed by atoms with Crippen molar-refractivity contribution < 1.29 is 19.1 Å². The Kier molecular flexibility index (Phi) is 7.27. The first-order valence-electron chi connectivity index (χ1n) is 8.30. The van der Waals surface area contributed by atoms with Gasteiger partial charge in [0.15, 0.2) is 6.61 Å². The number of hydrogen-bond acceptors (Lipinski definition) is 6. The standard InChI is InChI=1S/C17H20Cl2N4O4/c1-2-17(11-20,16(21)25)23(22-5-7-26-8-6-22)15(24)10-27-14-4-3-12(18)9-13(14)19/h3-4,9H,2,5-8,10H2,1H3,(H2,21,25). The van der Waals surface area contributed by atoms with Crippen molar-refractivity contribution in [2.75, 3.05) is 32.9 Å². The average molecular weight is 415 g/mol. The number of carbonyl (C=O) groups is 2. The number of benzene rings is 1. The summed E-state index contributed by atoms with van der Waals surface area (Å²) in [5, 5.41) is 13.0. The molecule has 1 aliphatic heterocycles. The maximum Gasteiger partial charge on any atom is 0.276 e. The molecule has 0 saturated carbocycles. The number of hydrogen-bond donors (Lipinski definition) is 1. The third kappa shape index (κ3) is 4.62. The number of nitrogens with two attached hydrogens (primary N) is 1. The molecule has 146 valence electrons. The molecule has 0 aromatic heterocycles. The van der Waals surface area contributed by atoms with Crippen LogP contribution in [-0.2, 0) is 14.3 Å². The highest BCUT2D eigenvalue weighted by atomic mass is 35.5. The van der Waals surface area contributed by atoms with Gasteiger partial charge in [0, 0.05) is 18.1 Å². The third-order valence-corrected chi connectivity index (χ3v) is 4.75. The minimum atomic E-state index is -1.82. The second-order valence-electron chi connectivity index (χ2n) is 5.82. The van der Waals surface area contributed by atoms with Crippen molar-refractivity contribution >= 4 is 35.0 Å². The van der Waals surface area contributed by atoms with E-state index in [1.807, 2.05) is 6.07 Å². The van der Waals surface area contributed by atoms with Crippen LogP contribution in [0.1, 0.15) is 13.3 Å². The van der Waals surface area contributed by atoms with Crippen molar-refractivity contribution in [2.45, 2.75) is 18.9 Å². The van der Waals surface area contributed by atoms with Crippen LogP contribution in [0.2, 0.25) is 10.0 Å². The molecule has 1 aromatic carbocycles. The van der Waals surface area contributed by atoms with Crippen LogP contribution in [0.5, 0.6) is 5.75 Å². The van der Waals surface area contributed by atoms with E-state index in [0.717, 1.165) is 5.01 Å². The van der Waals surface area contributed by atoms with Crippen molar-refractivity contribution in [3.05, 3.63) is 28.2 Å². The molecule has 2 N–H and O–H groups in total. The van der Waals surface area contributed by atoms with Gasteiger partial charge < -0.3 is 15.2 Å². The number of halogens is 2. The Balaban J connectivity index is 2.27. The minimum Gasteiger partial charge on any atom is -0.482 e. The van der Waals surface area contributed by atoms with Gasteiger partial charge in [-0.3, -0.25) is 9.59 Å². The van der Waals surface area contributed by atoms with Crippen molar-refractivity contribution in [1.29, 1.82) is 5.26 Å². The zero-order chi connectivity index (χ0) is 20.0. The molecule has 1 heterocycles. The Morgan fingerprint density at radius 2 is 2.07 bits per heavy atom. The van der Waals surface area contributed by atoms with Crippen molar-refractivity contribution in [3.63, 3.8) is 0 Å². The lowest BCUT2D eigenvalue weighted by molar-refractivity contribution is -0.178. The lowest BCUT2D eigenvalue weighted by Crippen LogP contribution is -2.67. The van der Waals surface area contributed by atoms with E-state index < -0.39 is 24.0 Å². The Morgan fingerprint density at radius 1 is 1.41 bits per heavy atom. The van der Waals surface area contributed by atoms with Gasteiger partial charge in [-0.05, 0) is 24.6 Å². The van der Waals surface area contributed by atoms with Crippen LogP contribution in [0.15, 0.2) is 18.2 Å². The number of carbonyl (C=O) groups excluding carboxylic acids is 2. The van der Waals surface area contributed by atoms with Gasteiger partial charge in [-0.1, -0.05) is 30.1 Å². The molecule has 1 fully saturated rings. The zero-order valence-corrected chi connectivity index (χ0v) is 16.3. The predicted molar refractivity (Wildman–Crippen MR) is 99.0 cm³/mol. The number of nitrogens with zero attached hydrogens (tertiary/aromatic N) is 3. The topological polar surface area (TPSA) is 109 Å². The molecule has 1 saturated heterocycles. The second kappa shape index (κ2) is 9.24.